The highest BCUT2D eigenvalue weighted by molar-refractivity contribution is 7.90. The molecule has 0 aliphatic carbocycles. The second-order valence-electron chi connectivity index (χ2n) is 5.01. The Morgan fingerprint density at radius 3 is 2.65 bits per heavy atom. The Hall–Kier alpha value is -1.82. The van der Waals surface area contributed by atoms with Crippen molar-refractivity contribution < 1.29 is 17.9 Å². The largest absolute Gasteiger partial charge is 0.463 e. The van der Waals surface area contributed by atoms with Crippen LogP contribution in [0.25, 0.3) is 10.9 Å². The molecule has 0 spiro atoms. The maximum atomic E-state index is 11.7. The fourth-order valence-electron chi connectivity index (χ4n) is 1.99. The summed E-state index contributed by atoms with van der Waals surface area (Å²) in [5.74, 6) is -0.328. The van der Waals surface area contributed by atoms with E-state index in [2.05, 4.69) is 4.98 Å². The van der Waals surface area contributed by atoms with Crippen LogP contribution in [0.3, 0.4) is 0 Å². The number of carbonyl (C=O) groups excluding carboxylic acids is 1. The number of H-pyrrole nitrogens is 1. The van der Waals surface area contributed by atoms with E-state index in [1.54, 1.807) is 38.2 Å². The molecule has 0 saturated carbocycles. The fraction of sp³-hybridized carbons (Fsp3) is 0.357. The summed E-state index contributed by atoms with van der Waals surface area (Å²) in [6.45, 7) is 3.57. The molecule has 0 saturated heterocycles. The molecule has 0 bridgehead atoms. The number of aromatic nitrogens is 1. The van der Waals surface area contributed by atoms with Gasteiger partial charge in [-0.3, -0.25) is 4.79 Å². The summed E-state index contributed by atoms with van der Waals surface area (Å²) in [4.78, 5) is 15.0. The van der Waals surface area contributed by atoms with Crippen molar-refractivity contribution >= 4 is 26.7 Å². The maximum Gasteiger partial charge on any atom is 0.310 e. The lowest BCUT2D eigenvalue weighted by Crippen LogP contribution is -2.13. The SMILES string of the molecule is CC(C)OC(=O)Cc1c[nH]c2ccc(S(C)(=O)=O)cc12. The topological polar surface area (TPSA) is 76.2 Å². The van der Waals surface area contributed by atoms with Crippen molar-refractivity contribution in [2.45, 2.75) is 31.3 Å². The quantitative estimate of drug-likeness (QED) is 0.876. The van der Waals surface area contributed by atoms with Crippen LogP contribution in [0.2, 0.25) is 0 Å². The number of ether oxygens (including phenoxy) is 1. The third-order valence-corrected chi connectivity index (χ3v) is 3.98. The second kappa shape index (κ2) is 5.28. The van der Waals surface area contributed by atoms with Crippen LogP contribution in [0.4, 0.5) is 0 Å². The molecule has 1 aromatic carbocycles. The van der Waals surface area contributed by atoms with E-state index >= 15 is 0 Å². The highest BCUT2D eigenvalue weighted by Crippen LogP contribution is 2.23. The van der Waals surface area contributed by atoms with E-state index in [0.29, 0.717) is 0 Å². The van der Waals surface area contributed by atoms with Gasteiger partial charge in [0.25, 0.3) is 0 Å². The van der Waals surface area contributed by atoms with Gasteiger partial charge in [-0.15, -0.1) is 0 Å². The molecule has 20 heavy (non-hydrogen) atoms. The predicted octanol–water partition coefficient (Wildman–Crippen LogP) is 2.07. The van der Waals surface area contributed by atoms with Crippen LogP contribution in [0.5, 0.6) is 0 Å². The Labute approximate surface area is 117 Å². The number of aromatic amines is 1. The van der Waals surface area contributed by atoms with Crippen LogP contribution in [-0.4, -0.2) is 31.7 Å². The molecule has 0 aliphatic heterocycles. The minimum Gasteiger partial charge on any atom is -0.463 e. The molecule has 5 nitrogen and oxygen atoms in total. The zero-order valence-electron chi connectivity index (χ0n) is 11.6. The molecule has 1 aromatic heterocycles. The van der Waals surface area contributed by atoms with Crippen molar-refractivity contribution in [3.63, 3.8) is 0 Å². The lowest BCUT2D eigenvalue weighted by molar-refractivity contribution is -0.146. The number of hydrogen-bond acceptors (Lipinski definition) is 4. The molecule has 0 aliphatic rings. The van der Waals surface area contributed by atoms with Crippen molar-refractivity contribution in [1.29, 1.82) is 0 Å². The molecule has 1 heterocycles. The van der Waals surface area contributed by atoms with Gasteiger partial charge in [0.2, 0.25) is 0 Å². The molecule has 0 atom stereocenters. The molecule has 0 unspecified atom stereocenters. The van der Waals surface area contributed by atoms with Crippen molar-refractivity contribution in [3.05, 3.63) is 30.0 Å². The van der Waals surface area contributed by atoms with Gasteiger partial charge in [0, 0.05) is 23.4 Å². The Balaban J connectivity index is 2.37. The molecule has 6 heteroatoms. The normalized spacial score (nSPS) is 12.0. The predicted molar refractivity (Wildman–Crippen MR) is 76.3 cm³/mol. The summed E-state index contributed by atoms with van der Waals surface area (Å²) in [5, 5.41) is 0.730. The number of nitrogens with one attached hydrogen (secondary N) is 1. The summed E-state index contributed by atoms with van der Waals surface area (Å²) in [5.41, 5.74) is 1.53. The Morgan fingerprint density at radius 2 is 2.05 bits per heavy atom. The third-order valence-electron chi connectivity index (χ3n) is 2.87. The Kier molecular flexibility index (Phi) is 3.85. The van der Waals surface area contributed by atoms with Crippen LogP contribution in [-0.2, 0) is 25.8 Å². The van der Waals surface area contributed by atoms with E-state index in [1.165, 1.54) is 0 Å². The lowest BCUT2D eigenvalue weighted by atomic mass is 10.1. The fourth-order valence-corrected chi connectivity index (χ4v) is 2.64. The smallest absolute Gasteiger partial charge is 0.310 e. The zero-order chi connectivity index (χ0) is 14.9. The molecule has 2 aromatic rings. The number of sulfone groups is 1. The maximum absolute atomic E-state index is 11.7. The van der Waals surface area contributed by atoms with Gasteiger partial charge in [0.05, 0.1) is 17.4 Å². The highest BCUT2D eigenvalue weighted by Gasteiger charge is 2.14. The second-order valence-corrected chi connectivity index (χ2v) is 7.02. The summed E-state index contributed by atoms with van der Waals surface area (Å²) < 4.78 is 28.3. The molecule has 2 rings (SSSR count). The van der Waals surface area contributed by atoms with Gasteiger partial charge in [-0.25, -0.2) is 8.42 Å². The first-order chi connectivity index (χ1) is 9.27. The van der Waals surface area contributed by atoms with Gasteiger partial charge in [0.1, 0.15) is 0 Å². The van der Waals surface area contributed by atoms with Gasteiger partial charge in [0.15, 0.2) is 9.84 Å². The van der Waals surface area contributed by atoms with Crippen molar-refractivity contribution in [1.82, 2.24) is 4.98 Å². The molecular weight excluding hydrogens is 278 g/mol. The minimum atomic E-state index is -3.27. The molecule has 108 valence electrons. The van der Waals surface area contributed by atoms with E-state index in [-0.39, 0.29) is 23.4 Å². The molecule has 0 radical (unpaired) electrons. The van der Waals surface area contributed by atoms with Gasteiger partial charge < -0.3 is 9.72 Å². The standard InChI is InChI=1S/C14H17NO4S/c1-9(2)19-14(16)6-10-8-15-13-5-4-11(7-12(10)13)20(3,17)18/h4-5,7-9,15H,6H2,1-3H3. The van der Waals surface area contributed by atoms with Crippen LogP contribution in [0.1, 0.15) is 19.4 Å². The summed E-state index contributed by atoms with van der Waals surface area (Å²) in [6, 6.07) is 4.83. The van der Waals surface area contributed by atoms with E-state index in [0.717, 1.165) is 22.7 Å². The molecule has 1 N–H and O–H groups in total. The minimum absolute atomic E-state index is 0.116. The van der Waals surface area contributed by atoms with Crippen LogP contribution in [0, 0.1) is 0 Å². The first kappa shape index (κ1) is 14.6. The Bertz CT molecular complexity index is 744. The number of rotatable bonds is 4. The van der Waals surface area contributed by atoms with Gasteiger partial charge in [-0.05, 0) is 37.6 Å². The van der Waals surface area contributed by atoms with E-state index in [1.807, 2.05) is 0 Å². The molecule has 0 amide bonds. The highest BCUT2D eigenvalue weighted by atomic mass is 32.2. The summed E-state index contributed by atoms with van der Waals surface area (Å²) >= 11 is 0. The van der Waals surface area contributed by atoms with E-state index in [4.69, 9.17) is 4.74 Å². The number of carbonyl (C=O) groups is 1. The first-order valence-electron chi connectivity index (χ1n) is 6.27. The van der Waals surface area contributed by atoms with Crippen molar-refractivity contribution in [2.75, 3.05) is 6.26 Å². The van der Waals surface area contributed by atoms with Gasteiger partial charge in [-0.1, -0.05) is 0 Å². The summed E-state index contributed by atoms with van der Waals surface area (Å²) in [6.07, 6.45) is 2.82. The van der Waals surface area contributed by atoms with Crippen molar-refractivity contribution in [3.8, 4) is 0 Å². The monoisotopic (exact) mass is 295 g/mol. The van der Waals surface area contributed by atoms with Crippen LogP contribution < -0.4 is 0 Å². The molecule has 0 fully saturated rings. The Morgan fingerprint density at radius 1 is 1.35 bits per heavy atom. The van der Waals surface area contributed by atoms with Gasteiger partial charge >= 0.3 is 5.97 Å². The molecular formula is C14H17NO4S. The average molecular weight is 295 g/mol. The average Bonchev–Trinajstić information content (AvgIpc) is 2.69. The number of benzene rings is 1. The van der Waals surface area contributed by atoms with Crippen molar-refractivity contribution in [2.24, 2.45) is 0 Å². The zero-order valence-corrected chi connectivity index (χ0v) is 12.5. The van der Waals surface area contributed by atoms with Gasteiger partial charge in [-0.2, -0.15) is 0 Å². The number of hydrogen-bond donors (Lipinski definition) is 1. The number of fused-ring (bicyclic) bond motifs is 1. The van der Waals surface area contributed by atoms with E-state index in [9.17, 15) is 13.2 Å². The van der Waals surface area contributed by atoms with Crippen LogP contribution in [0.15, 0.2) is 29.3 Å². The first-order valence-corrected chi connectivity index (χ1v) is 8.16. The van der Waals surface area contributed by atoms with E-state index < -0.39 is 9.84 Å². The lowest BCUT2D eigenvalue weighted by Gasteiger charge is -2.07. The summed E-state index contributed by atoms with van der Waals surface area (Å²) in [7, 11) is -3.27. The third kappa shape index (κ3) is 3.19. The van der Waals surface area contributed by atoms with Crippen LogP contribution >= 0.6 is 0 Å². The number of esters is 1.